The highest BCUT2D eigenvalue weighted by Crippen LogP contribution is 2.24. The third-order valence-electron chi connectivity index (χ3n) is 4.06. The Morgan fingerprint density at radius 2 is 1.79 bits per heavy atom. The number of hydrogen-bond donors (Lipinski definition) is 2. The first-order chi connectivity index (χ1) is 11.5. The van der Waals surface area contributed by atoms with Gasteiger partial charge in [-0.2, -0.15) is 0 Å². The zero-order valence-electron chi connectivity index (χ0n) is 14.5. The number of likely N-dealkylation sites (N-methyl/N-ethyl adjacent to an activating group) is 1. The number of amides is 1. The molecule has 0 fully saturated rings. The van der Waals surface area contributed by atoms with Crippen molar-refractivity contribution in [2.75, 3.05) is 6.54 Å². The molecule has 0 saturated carbocycles. The van der Waals surface area contributed by atoms with Gasteiger partial charge in [0, 0.05) is 6.54 Å². The molecule has 1 amide bonds. The fourth-order valence-electron chi connectivity index (χ4n) is 2.67. The molecule has 0 aromatic heterocycles. The Kier molecular flexibility index (Phi) is 6.50. The van der Waals surface area contributed by atoms with Crippen LogP contribution in [0.15, 0.2) is 48.5 Å². The average molecular weight is 328 g/mol. The number of carbonyl (C=O) groups is 1. The smallest absolute Gasteiger partial charge is 0.236 e. The Morgan fingerprint density at radius 3 is 2.38 bits per heavy atom. The van der Waals surface area contributed by atoms with Gasteiger partial charge >= 0.3 is 0 Å². The third-order valence-corrected chi connectivity index (χ3v) is 4.06. The lowest BCUT2D eigenvalue weighted by atomic mass is 9.96. The predicted octanol–water partition coefficient (Wildman–Crippen LogP) is 3.59. The highest BCUT2D eigenvalue weighted by Gasteiger charge is 2.20. The molecular weight excluding hydrogens is 303 g/mol. The van der Waals surface area contributed by atoms with E-state index in [1.165, 1.54) is 17.7 Å². The molecule has 0 bridgehead atoms. The van der Waals surface area contributed by atoms with Crippen molar-refractivity contribution in [3.8, 4) is 0 Å². The summed E-state index contributed by atoms with van der Waals surface area (Å²) < 4.78 is 13.7. The second-order valence-corrected chi connectivity index (χ2v) is 5.87. The lowest BCUT2D eigenvalue weighted by Gasteiger charge is -2.24. The van der Waals surface area contributed by atoms with E-state index in [0.29, 0.717) is 6.54 Å². The molecular formula is C20H25FN2O. The number of benzene rings is 2. The first kappa shape index (κ1) is 18.1. The minimum atomic E-state index is -0.385. The summed E-state index contributed by atoms with van der Waals surface area (Å²) in [4.78, 5) is 12.1. The molecule has 2 aromatic rings. The van der Waals surface area contributed by atoms with E-state index in [0.717, 1.165) is 17.5 Å². The van der Waals surface area contributed by atoms with Crippen molar-refractivity contribution < 1.29 is 9.18 Å². The number of carbonyl (C=O) groups excluding carboxylic acids is 1. The molecule has 0 radical (unpaired) electrons. The van der Waals surface area contributed by atoms with Crippen molar-refractivity contribution in [2.24, 2.45) is 0 Å². The van der Waals surface area contributed by atoms with E-state index in [4.69, 9.17) is 0 Å². The lowest BCUT2D eigenvalue weighted by molar-refractivity contribution is -0.122. The standard InChI is InChI=1S/C20H25FN2O/c1-4-15-9-11-16(12-10-15)19(17-7-6-8-18(21)13-17)23-14(3)20(24)22-5-2/h6-14,19,23H,4-5H2,1-3H3,(H,22,24)/t14-,19+/m0/s1. The quantitative estimate of drug-likeness (QED) is 0.815. The van der Waals surface area contributed by atoms with Crippen molar-refractivity contribution in [1.29, 1.82) is 0 Å². The van der Waals surface area contributed by atoms with Crippen LogP contribution in [-0.4, -0.2) is 18.5 Å². The molecule has 0 aliphatic heterocycles. The minimum absolute atomic E-state index is 0.0657. The normalized spacial score (nSPS) is 13.3. The molecule has 24 heavy (non-hydrogen) atoms. The summed E-state index contributed by atoms with van der Waals surface area (Å²) in [5.74, 6) is -0.348. The zero-order chi connectivity index (χ0) is 17.5. The molecule has 0 heterocycles. The van der Waals surface area contributed by atoms with Crippen molar-refractivity contribution in [2.45, 2.75) is 39.3 Å². The van der Waals surface area contributed by atoms with Crippen LogP contribution in [0.4, 0.5) is 4.39 Å². The molecule has 2 aromatic carbocycles. The van der Waals surface area contributed by atoms with Gasteiger partial charge in [-0.1, -0.05) is 43.3 Å². The minimum Gasteiger partial charge on any atom is -0.355 e. The Bertz CT molecular complexity index is 670. The molecule has 4 heteroatoms. The molecule has 0 saturated heterocycles. The maximum atomic E-state index is 13.7. The Labute approximate surface area is 143 Å². The topological polar surface area (TPSA) is 41.1 Å². The largest absolute Gasteiger partial charge is 0.355 e. The van der Waals surface area contributed by atoms with Crippen molar-refractivity contribution in [3.63, 3.8) is 0 Å². The first-order valence-electron chi connectivity index (χ1n) is 8.43. The van der Waals surface area contributed by atoms with Crippen LogP contribution >= 0.6 is 0 Å². The van der Waals surface area contributed by atoms with Crippen LogP contribution in [0.2, 0.25) is 0 Å². The Hall–Kier alpha value is -2.20. The lowest BCUT2D eigenvalue weighted by Crippen LogP contribution is -2.43. The first-order valence-corrected chi connectivity index (χ1v) is 8.43. The van der Waals surface area contributed by atoms with Gasteiger partial charge in [0.15, 0.2) is 0 Å². The van der Waals surface area contributed by atoms with Crippen LogP contribution < -0.4 is 10.6 Å². The summed E-state index contributed by atoms with van der Waals surface area (Å²) in [6.45, 7) is 6.39. The van der Waals surface area contributed by atoms with Gasteiger partial charge in [-0.25, -0.2) is 4.39 Å². The summed E-state index contributed by atoms with van der Waals surface area (Å²) in [6.07, 6.45) is 0.966. The monoisotopic (exact) mass is 328 g/mol. The average Bonchev–Trinajstić information content (AvgIpc) is 2.59. The van der Waals surface area contributed by atoms with E-state index in [2.05, 4.69) is 29.7 Å². The van der Waals surface area contributed by atoms with Crippen LogP contribution in [0, 0.1) is 5.82 Å². The number of nitrogens with one attached hydrogen (secondary N) is 2. The zero-order valence-corrected chi connectivity index (χ0v) is 14.5. The fraction of sp³-hybridized carbons (Fsp3) is 0.350. The molecule has 3 nitrogen and oxygen atoms in total. The maximum absolute atomic E-state index is 13.7. The SMILES string of the molecule is CCNC(=O)[C@H](C)N[C@H](c1ccc(CC)cc1)c1cccc(F)c1. The molecule has 0 unspecified atom stereocenters. The van der Waals surface area contributed by atoms with Crippen LogP contribution in [0.5, 0.6) is 0 Å². The number of aryl methyl sites for hydroxylation is 1. The van der Waals surface area contributed by atoms with E-state index in [9.17, 15) is 9.18 Å². The number of rotatable bonds is 7. The highest BCUT2D eigenvalue weighted by molar-refractivity contribution is 5.81. The summed E-state index contributed by atoms with van der Waals surface area (Å²) in [5, 5.41) is 6.13. The van der Waals surface area contributed by atoms with Gasteiger partial charge in [0.05, 0.1) is 12.1 Å². The predicted molar refractivity (Wildman–Crippen MR) is 95.3 cm³/mol. The highest BCUT2D eigenvalue weighted by atomic mass is 19.1. The maximum Gasteiger partial charge on any atom is 0.236 e. The van der Waals surface area contributed by atoms with Gasteiger partial charge in [0.1, 0.15) is 5.82 Å². The summed E-state index contributed by atoms with van der Waals surface area (Å²) in [7, 11) is 0. The molecule has 128 valence electrons. The van der Waals surface area contributed by atoms with Crippen LogP contribution in [0.3, 0.4) is 0 Å². The Morgan fingerprint density at radius 1 is 1.08 bits per heavy atom. The summed E-state index contributed by atoms with van der Waals surface area (Å²) in [6, 6.07) is 14.1. The third kappa shape index (κ3) is 4.65. The molecule has 0 aliphatic carbocycles. The van der Waals surface area contributed by atoms with Gasteiger partial charge in [0.2, 0.25) is 5.91 Å². The summed E-state index contributed by atoms with van der Waals surface area (Å²) in [5.41, 5.74) is 3.05. The second-order valence-electron chi connectivity index (χ2n) is 5.87. The molecule has 2 atom stereocenters. The molecule has 0 aliphatic rings. The van der Waals surface area contributed by atoms with Crippen LogP contribution in [0.25, 0.3) is 0 Å². The van der Waals surface area contributed by atoms with Gasteiger partial charge in [-0.3, -0.25) is 10.1 Å². The van der Waals surface area contributed by atoms with E-state index in [1.54, 1.807) is 6.07 Å². The van der Waals surface area contributed by atoms with Crippen molar-refractivity contribution >= 4 is 5.91 Å². The van der Waals surface area contributed by atoms with Crippen molar-refractivity contribution in [3.05, 3.63) is 71.0 Å². The second kappa shape index (κ2) is 8.60. The van der Waals surface area contributed by atoms with Crippen LogP contribution in [0.1, 0.15) is 43.5 Å². The van der Waals surface area contributed by atoms with Crippen molar-refractivity contribution in [1.82, 2.24) is 10.6 Å². The molecule has 2 rings (SSSR count). The summed E-state index contributed by atoms with van der Waals surface area (Å²) >= 11 is 0. The molecule has 2 N–H and O–H groups in total. The number of halogens is 1. The molecule has 0 spiro atoms. The van der Waals surface area contributed by atoms with Gasteiger partial charge in [0.25, 0.3) is 0 Å². The van der Waals surface area contributed by atoms with E-state index < -0.39 is 0 Å². The van der Waals surface area contributed by atoms with E-state index in [1.807, 2.05) is 32.0 Å². The Balaban J connectivity index is 2.31. The van der Waals surface area contributed by atoms with E-state index in [-0.39, 0.29) is 23.8 Å². The van der Waals surface area contributed by atoms with Gasteiger partial charge < -0.3 is 5.32 Å². The van der Waals surface area contributed by atoms with Gasteiger partial charge in [-0.15, -0.1) is 0 Å². The fourth-order valence-corrected chi connectivity index (χ4v) is 2.67. The number of hydrogen-bond acceptors (Lipinski definition) is 2. The van der Waals surface area contributed by atoms with Gasteiger partial charge in [-0.05, 0) is 49.1 Å². The van der Waals surface area contributed by atoms with Crippen LogP contribution in [-0.2, 0) is 11.2 Å². The van der Waals surface area contributed by atoms with E-state index >= 15 is 0 Å².